The molecule has 1 aromatic carbocycles. The van der Waals surface area contributed by atoms with E-state index in [4.69, 9.17) is 15.0 Å². The smallest absolute Gasteiger partial charge is 0.255 e. The molecule has 0 aliphatic rings. The molecule has 0 saturated heterocycles. The second-order valence-electron chi connectivity index (χ2n) is 3.74. The van der Waals surface area contributed by atoms with Gasteiger partial charge in [0, 0.05) is 0 Å². The van der Waals surface area contributed by atoms with Gasteiger partial charge >= 0.3 is 0 Å². The lowest BCUT2D eigenvalue weighted by molar-refractivity contribution is 0.127. The average Bonchev–Trinajstić information content (AvgIpc) is 2.87. The largest absolute Gasteiger partial charge is 0.485 e. The maximum Gasteiger partial charge on any atom is 0.255 e. The van der Waals surface area contributed by atoms with Crippen LogP contribution in [0.5, 0.6) is 5.75 Å². The number of ether oxygens (including phenoxy) is 1. The number of nitrogens with zero attached hydrogens (tertiary/aromatic N) is 2. The summed E-state index contributed by atoms with van der Waals surface area (Å²) in [6.45, 7) is 0.558. The molecule has 0 amide bonds. The van der Waals surface area contributed by atoms with Gasteiger partial charge in [-0.3, -0.25) is 0 Å². The zero-order valence-electron chi connectivity index (χ0n) is 9.82. The number of hydrogen-bond acceptors (Lipinski definition) is 6. The lowest BCUT2D eigenvalue weighted by Gasteiger charge is -2.02. The molecule has 3 N–H and O–H groups in total. The first-order valence-corrected chi connectivity index (χ1v) is 5.68. The Labute approximate surface area is 104 Å². The Hall–Kier alpha value is -1.92. The Morgan fingerprint density at radius 1 is 1.33 bits per heavy atom. The molecule has 1 aromatic heterocycles. The molecule has 18 heavy (non-hydrogen) atoms. The van der Waals surface area contributed by atoms with E-state index in [0.717, 1.165) is 5.75 Å². The van der Waals surface area contributed by atoms with E-state index in [0.29, 0.717) is 18.8 Å². The van der Waals surface area contributed by atoms with Crippen molar-refractivity contribution in [1.82, 2.24) is 10.1 Å². The number of hydrogen-bond donors (Lipinski definition) is 2. The summed E-state index contributed by atoms with van der Waals surface area (Å²) >= 11 is 0. The Morgan fingerprint density at radius 3 is 2.83 bits per heavy atom. The first kappa shape index (κ1) is 12.5. The van der Waals surface area contributed by atoms with E-state index in [1.165, 1.54) is 0 Å². The molecule has 0 saturated carbocycles. The first-order chi connectivity index (χ1) is 8.79. The van der Waals surface area contributed by atoms with Gasteiger partial charge < -0.3 is 20.1 Å². The van der Waals surface area contributed by atoms with E-state index in [9.17, 15) is 5.11 Å². The molecule has 0 radical (unpaired) electrons. The van der Waals surface area contributed by atoms with Crippen LogP contribution in [0.3, 0.4) is 0 Å². The van der Waals surface area contributed by atoms with Crippen molar-refractivity contribution in [3.63, 3.8) is 0 Å². The van der Waals surface area contributed by atoms with Gasteiger partial charge in [0.25, 0.3) is 5.89 Å². The topological polar surface area (TPSA) is 94.4 Å². The van der Waals surface area contributed by atoms with Gasteiger partial charge in [0.1, 0.15) is 11.9 Å². The highest BCUT2D eigenvalue weighted by atomic mass is 16.5. The number of rotatable bonds is 6. The van der Waals surface area contributed by atoms with E-state index in [1.807, 2.05) is 30.3 Å². The molecule has 1 unspecified atom stereocenters. The van der Waals surface area contributed by atoms with Crippen molar-refractivity contribution < 1.29 is 14.4 Å². The Bertz CT molecular complexity index is 472. The van der Waals surface area contributed by atoms with Crippen molar-refractivity contribution in [2.75, 3.05) is 6.54 Å². The lowest BCUT2D eigenvalue weighted by atomic mass is 10.2. The van der Waals surface area contributed by atoms with Crippen LogP contribution < -0.4 is 10.5 Å². The third-order valence-corrected chi connectivity index (χ3v) is 2.32. The van der Waals surface area contributed by atoms with Gasteiger partial charge in [0.2, 0.25) is 5.82 Å². The van der Waals surface area contributed by atoms with Crippen LogP contribution in [0, 0.1) is 0 Å². The highest BCUT2D eigenvalue weighted by Gasteiger charge is 2.15. The minimum absolute atomic E-state index is 0.173. The molecule has 6 heteroatoms. The van der Waals surface area contributed by atoms with Crippen LogP contribution in [-0.4, -0.2) is 21.8 Å². The summed E-state index contributed by atoms with van der Waals surface area (Å²) in [5.41, 5.74) is 5.33. The van der Waals surface area contributed by atoms with Crippen molar-refractivity contribution in [1.29, 1.82) is 0 Å². The molecule has 0 fully saturated rings. The van der Waals surface area contributed by atoms with E-state index in [-0.39, 0.29) is 12.5 Å². The quantitative estimate of drug-likeness (QED) is 0.794. The van der Waals surface area contributed by atoms with Gasteiger partial charge in [0.15, 0.2) is 6.61 Å². The number of benzene rings is 1. The number of aromatic nitrogens is 2. The number of nitrogens with two attached hydrogens (primary N) is 1. The predicted octanol–water partition coefficient (Wildman–Crippen LogP) is 1.03. The minimum Gasteiger partial charge on any atom is -0.485 e. The zero-order chi connectivity index (χ0) is 12.8. The number of aliphatic hydroxyl groups is 1. The van der Waals surface area contributed by atoms with Crippen LogP contribution in [0.1, 0.15) is 24.2 Å². The van der Waals surface area contributed by atoms with E-state index >= 15 is 0 Å². The average molecular weight is 249 g/mol. The molecule has 0 spiro atoms. The molecule has 2 aromatic rings. The molecule has 0 bridgehead atoms. The third kappa shape index (κ3) is 3.28. The van der Waals surface area contributed by atoms with E-state index in [1.54, 1.807) is 0 Å². The third-order valence-electron chi connectivity index (χ3n) is 2.32. The molecule has 0 aliphatic carbocycles. The highest BCUT2D eigenvalue weighted by Crippen LogP contribution is 2.14. The molecule has 1 atom stereocenters. The van der Waals surface area contributed by atoms with Crippen LogP contribution >= 0.6 is 0 Å². The van der Waals surface area contributed by atoms with Crippen molar-refractivity contribution in [2.24, 2.45) is 5.73 Å². The Balaban J connectivity index is 1.91. The maximum atomic E-state index is 9.60. The molecule has 2 rings (SSSR count). The van der Waals surface area contributed by atoms with Gasteiger partial charge in [-0.25, -0.2) is 0 Å². The molecule has 96 valence electrons. The summed E-state index contributed by atoms with van der Waals surface area (Å²) in [5, 5.41) is 13.3. The van der Waals surface area contributed by atoms with Gasteiger partial charge in [-0.15, -0.1) is 0 Å². The minimum atomic E-state index is -0.812. The second kappa shape index (κ2) is 6.13. The van der Waals surface area contributed by atoms with Crippen molar-refractivity contribution >= 4 is 0 Å². The van der Waals surface area contributed by atoms with Crippen molar-refractivity contribution in [2.45, 2.75) is 19.1 Å². The summed E-state index contributed by atoms with van der Waals surface area (Å²) in [7, 11) is 0. The van der Waals surface area contributed by atoms with Crippen LogP contribution in [0.2, 0.25) is 0 Å². The fourth-order valence-electron chi connectivity index (χ4n) is 1.41. The Kier molecular flexibility index (Phi) is 4.27. The van der Waals surface area contributed by atoms with Crippen molar-refractivity contribution in [3.05, 3.63) is 42.0 Å². The molecular weight excluding hydrogens is 234 g/mol. The maximum absolute atomic E-state index is 9.60. The van der Waals surface area contributed by atoms with Gasteiger partial charge in [-0.1, -0.05) is 23.4 Å². The molecule has 0 aliphatic heterocycles. The highest BCUT2D eigenvalue weighted by molar-refractivity contribution is 5.20. The summed E-state index contributed by atoms with van der Waals surface area (Å²) in [6, 6.07) is 9.33. The summed E-state index contributed by atoms with van der Waals surface area (Å²) in [4.78, 5) is 4.04. The summed E-state index contributed by atoms with van der Waals surface area (Å²) in [6.07, 6.45) is -0.422. The predicted molar refractivity (Wildman–Crippen MR) is 63.7 cm³/mol. The zero-order valence-corrected chi connectivity index (χ0v) is 9.82. The number of para-hydroxylation sites is 1. The fourth-order valence-corrected chi connectivity index (χ4v) is 1.41. The van der Waals surface area contributed by atoms with Crippen molar-refractivity contribution in [3.8, 4) is 5.75 Å². The van der Waals surface area contributed by atoms with Gasteiger partial charge in [0.05, 0.1) is 0 Å². The monoisotopic (exact) mass is 249 g/mol. The molecular formula is C12H15N3O3. The van der Waals surface area contributed by atoms with E-state index in [2.05, 4.69) is 10.1 Å². The molecule has 6 nitrogen and oxygen atoms in total. The SMILES string of the molecule is NCCC(O)c1nc(COc2ccccc2)no1. The van der Waals surface area contributed by atoms with Gasteiger partial charge in [-0.2, -0.15) is 4.98 Å². The van der Waals surface area contributed by atoms with Crippen LogP contribution in [-0.2, 0) is 6.61 Å². The standard InChI is InChI=1S/C12H15N3O3/c13-7-6-10(16)12-14-11(15-18-12)8-17-9-4-2-1-3-5-9/h1-5,10,16H,6-8,13H2. The second-order valence-corrected chi connectivity index (χ2v) is 3.74. The van der Waals surface area contributed by atoms with Crippen LogP contribution in [0.15, 0.2) is 34.9 Å². The van der Waals surface area contributed by atoms with Crippen LogP contribution in [0.25, 0.3) is 0 Å². The van der Waals surface area contributed by atoms with Crippen LogP contribution in [0.4, 0.5) is 0 Å². The fraction of sp³-hybridized carbons (Fsp3) is 0.333. The number of aliphatic hydroxyl groups excluding tert-OH is 1. The normalized spacial score (nSPS) is 12.3. The molecule has 1 heterocycles. The summed E-state index contributed by atoms with van der Waals surface area (Å²) < 4.78 is 10.4. The van der Waals surface area contributed by atoms with Gasteiger partial charge in [-0.05, 0) is 25.1 Å². The lowest BCUT2D eigenvalue weighted by Crippen LogP contribution is -2.07. The Morgan fingerprint density at radius 2 is 2.11 bits per heavy atom. The summed E-state index contributed by atoms with van der Waals surface area (Å²) in [5.74, 6) is 1.29. The van der Waals surface area contributed by atoms with E-state index < -0.39 is 6.10 Å². The first-order valence-electron chi connectivity index (χ1n) is 5.68.